The second kappa shape index (κ2) is 4.84. The molecule has 1 saturated heterocycles. The summed E-state index contributed by atoms with van der Waals surface area (Å²) in [5, 5.41) is 13.6. The normalized spacial score (nSPS) is 17.9. The number of phenols is 1. The molecule has 0 aliphatic carbocycles. The van der Waals surface area contributed by atoms with Crippen molar-refractivity contribution in [2.75, 3.05) is 26.2 Å². The maximum Gasteiger partial charge on any atom is 0.120 e. The first-order chi connectivity index (χ1) is 7.25. The van der Waals surface area contributed by atoms with Crippen LogP contribution in [-0.2, 0) is 6.54 Å². The predicted octanol–water partition coefficient (Wildman–Crippen LogP) is 1.45. The molecule has 0 bridgehead atoms. The Hall–Kier alpha value is -0.770. The van der Waals surface area contributed by atoms with Crippen LogP contribution in [0.15, 0.2) is 18.2 Å². The van der Waals surface area contributed by atoms with Crippen LogP contribution in [-0.4, -0.2) is 36.2 Å². The van der Waals surface area contributed by atoms with Crippen molar-refractivity contribution < 1.29 is 5.11 Å². The van der Waals surface area contributed by atoms with Crippen LogP contribution < -0.4 is 5.32 Å². The van der Waals surface area contributed by atoms with E-state index in [-0.39, 0.29) is 0 Å². The Labute approximate surface area is 94.7 Å². The number of halogens is 1. The molecule has 0 unspecified atom stereocenters. The van der Waals surface area contributed by atoms with Crippen LogP contribution in [0.2, 0.25) is 5.02 Å². The summed E-state index contributed by atoms with van der Waals surface area (Å²) in [7, 11) is 0. The van der Waals surface area contributed by atoms with Crippen LogP contribution in [0.5, 0.6) is 5.75 Å². The molecule has 3 nitrogen and oxygen atoms in total. The van der Waals surface area contributed by atoms with Gasteiger partial charge in [-0.2, -0.15) is 0 Å². The van der Waals surface area contributed by atoms with Gasteiger partial charge in [-0.3, -0.25) is 4.90 Å². The van der Waals surface area contributed by atoms with Crippen molar-refractivity contribution in [1.82, 2.24) is 10.2 Å². The minimum absolute atomic E-state index is 0.331. The third-order valence-electron chi connectivity index (χ3n) is 2.65. The lowest BCUT2D eigenvalue weighted by molar-refractivity contribution is 0.230. The standard InChI is InChI=1S/C11H15ClN2O/c12-10-1-2-11(15)9(7-10)8-14-5-3-13-4-6-14/h1-2,7,13,15H,3-6,8H2. The van der Waals surface area contributed by atoms with E-state index in [1.165, 1.54) is 0 Å². The smallest absolute Gasteiger partial charge is 0.120 e. The number of piperazine rings is 1. The predicted molar refractivity (Wildman–Crippen MR) is 61.3 cm³/mol. The van der Waals surface area contributed by atoms with E-state index >= 15 is 0 Å². The van der Waals surface area contributed by atoms with Gasteiger partial charge in [0.25, 0.3) is 0 Å². The van der Waals surface area contributed by atoms with E-state index in [4.69, 9.17) is 11.6 Å². The number of nitrogens with zero attached hydrogens (tertiary/aromatic N) is 1. The summed E-state index contributed by atoms with van der Waals surface area (Å²) in [6.07, 6.45) is 0. The van der Waals surface area contributed by atoms with Gasteiger partial charge in [-0.25, -0.2) is 0 Å². The lowest BCUT2D eigenvalue weighted by Crippen LogP contribution is -2.42. The number of aromatic hydroxyl groups is 1. The van der Waals surface area contributed by atoms with Crippen LogP contribution in [0.4, 0.5) is 0 Å². The highest BCUT2D eigenvalue weighted by Crippen LogP contribution is 2.22. The largest absolute Gasteiger partial charge is 0.508 e. The molecular formula is C11H15ClN2O. The van der Waals surface area contributed by atoms with Crippen LogP contribution in [0.3, 0.4) is 0 Å². The summed E-state index contributed by atoms with van der Waals surface area (Å²) in [4.78, 5) is 2.31. The van der Waals surface area contributed by atoms with Gasteiger partial charge >= 0.3 is 0 Å². The van der Waals surface area contributed by atoms with Gasteiger partial charge in [0, 0.05) is 43.3 Å². The lowest BCUT2D eigenvalue weighted by atomic mass is 10.2. The molecule has 15 heavy (non-hydrogen) atoms. The quantitative estimate of drug-likeness (QED) is 0.802. The van der Waals surface area contributed by atoms with E-state index in [1.807, 2.05) is 6.07 Å². The molecule has 0 spiro atoms. The van der Waals surface area contributed by atoms with E-state index in [0.29, 0.717) is 10.8 Å². The summed E-state index contributed by atoms with van der Waals surface area (Å²) >= 11 is 5.89. The minimum Gasteiger partial charge on any atom is -0.508 e. The topological polar surface area (TPSA) is 35.5 Å². The molecule has 0 radical (unpaired) electrons. The molecule has 1 aromatic carbocycles. The second-order valence-corrected chi connectivity index (χ2v) is 4.24. The Kier molecular flexibility index (Phi) is 3.46. The number of phenolic OH excluding ortho intramolecular Hbond substituents is 1. The Morgan fingerprint density at radius 1 is 1.33 bits per heavy atom. The van der Waals surface area contributed by atoms with Crippen molar-refractivity contribution in [2.45, 2.75) is 6.54 Å². The van der Waals surface area contributed by atoms with E-state index in [9.17, 15) is 5.11 Å². The van der Waals surface area contributed by atoms with Gasteiger partial charge in [0.05, 0.1) is 0 Å². The zero-order chi connectivity index (χ0) is 10.7. The fourth-order valence-corrected chi connectivity index (χ4v) is 1.99. The number of nitrogens with one attached hydrogen (secondary N) is 1. The average Bonchev–Trinajstić information content (AvgIpc) is 2.25. The molecular weight excluding hydrogens is 212 g/mol. The third kappa shape index (κ3) is 2.84. The summed E-state index contributed by atoms with van der Waals surface area (Å²) in [6, 6.07) is 5.19. The molecule has 4 heteroatoms. The highest BCUT2D eigenvalue weighted by Gasteiger charge is 2.12. The molecule has 1 aromatic rings. The fourth-order valence-electron chi connectivity index (χ4n) is 1.79. The molecule has 2 rings (SSSR count). The van der Waals surface area contributed by atoms with Crippen LogP contribution in [0.1, 0.15) is 5.56 Å². The SMILES string of the molecule is Oc1ccc(Cl)cc1CN1CCNCC1. The van der Waals surface area contributed by atoms with E-state index in [0.717, 1.165) is 38.3 Å². The third-order valence-corrected chi connectivity index (χ3v) is 2.88. The van der Waals surface area contributed by atoms with Crippen molar-refractivity contribution in [3.8, 4) is 5.75 Å². The first kappa shape index (κ1) is 10.7. The lowest BCUT2D eigenvalue weighted by Gasteiger charge is -2.27. The molecule has 1 aliphatic rings. The number of benzene rings is 1. The molecule has 0 saturated carbocycles. The first-order valence-corrected chi connectivity index (χ1v) is 5.54. The molecule has 2 N–H and O–H groups in total. The van der Waals surface area contributed by atoms with Gasteiger partial charge in [-0.15, -0.1) is 0 Å². The van der Waals surface area contributed by atoms with E-state index in [2.05, 4.69) is 10.2 Å². The summed E-state index contributed by atoms with van der Waals surface area (Å²) in [6.45, 7) is 4.84. The monoisotopic (exact) mass is 226 g/mol. The minimum atomic E-state index is 0.331. The molecule has 1 fully saturated rings. The van der Waals surface area contributed by atoms with Gasteiger partial charge in [0.2, 0.25) is 0 Å². The van der Waals surface area contributed by atoms with Crippen LogP contribution >= 0.6 is 11.6 Å². The fraction of sp³-hybridized carbons (Fsp3) is 0.455. The average molecular weight is 227 g/mol. The van der Waals surface area contributed by atoms with Crippen LogP contribution in [0, 0.1) is 0 Å². The molecule has 82 valence electrons. The zero-order valence-electron chi connectivity index (χ0n) is 8.54. The van der Waals surface area contributed by atoms with E-state index in [1.54, 1.807) is 12.1 Å². The van der Waals surface area contributed by atoms with Gasteiger partial charge in [0.1, 0.15) is 5.75 Å². The van der Waals surface area contributed by atoms with Gasteiger partial charge in [-0.1, -0.05) is 11.6 Å². The van der Waals surface area contributed by atoms with Crippen LogP contribution in [0.25, 0.3) is 0 Å². The van der Waals surface area contributed by atoms with Crippen molar-refractivity contribution in [3.05, 3.63) is 28.8 Å². The van der Waals surface area contributed by atoms with Gasteiger partial charge in [0.15, 0.2) is 0 Å². The maximum absolute atomic E-state index is 9.66. The van der Waals surface area contributed by atoms with Gasteiger partial charge in [-0.05, 0) is 18.2 Å². The van der Waals surface area contributed by atoms with Crippen molar-refractivity contribution >= 4 is 11.6 Å². The van der Waals surface area contributed by atoms with Gasteiger partial charge < -0.3 is 10.4 Å². The molecule has 1 aliphatic heterocycles. The van der Waals surface area contributed by atoms with E-state index < -0.39 is 0 Å². The highest BCUT2D eigenvalue weighted by molar-refractivity contribution is 6.30. The maximum atomic E-state index is 9.66. The molecule has 0 amide bonds. The van der Waals surface area contributed by atoms with Crippen molar-refractivity contribution in [3.63, 3.8) is 0 Å². The molecule has 1 heterocycles. The Morgan fingerprint density at radius 3 is 2.80 bits per heavy atom. The summed E-state index contributed by atoms with van der Waals surface area (Å²) < 4.78 is 0. The summed E-state index contributed by atoms with van der Waals surface area (Å²) in [5.41, 5.74) is 0.907. The number of hydrogen-bond acceptors (Lipinski definition) is 3. The number of hydrogen-bond donors (Lipinski definition) is 2. The Bertz CT molecular complexity index is 337. The molecule has 0 aromatic heterocycles. The van der Waals surface area contributed by atoms with Crippen molar-refractivity contribution in [1.29, 1.82) is 0 Å². The zero-order valence-corrected chi connectivity index (χ0v) is 9.30. The second-order valence-electron chi connectivity index (χ2n) is 3.80. The molecule has 0 atom stereocenters. The highest BCUT2D eigenvalue weighted by atomic mass is 35.5. The Morgan fingerprint density at radius 2 is 2.07 bits per heavy atom. The first-order valence-electron chi connectivity index (χ1n) is 5.16. The van der Waals surface area contributed by atoms with Crippen molar-refractivity contribution in [2.24, 2.45) is 0 Å². The summed E-state index contributed by atoms with van der Waals surface area (Å²) in [5.74, 6) is 0.331. The number of rotatable bonds is 2. The Balaban J connectivity index is 2.05.